The third kappa shape index (κ3) is 6.12. The van der Waals surface area contributed by atoms with Gasteiger partial charge in [0.2, 0.25) is 10.0 Å². The predicted molar refractivity (Wildman–Crippen MR) is 163 cm³/mol. The van der Waals surface area contributed by atoms with Crippen LogP contribution < -0.4 is 19.3 Å². The van der Waals surface area contributed by atoms with Gasteiger partial charge in [0.15, 0.2) is 0 Å². The first-order valence-corrected chi connectivity index (χ1v) is 15.8. The fourth-order valence-corrected chi connectivity index (χ4v) is 7.48. The van der Waals surface area contributed by atoms with Crippen molar-refractivity contribution in [1.29, 1.82) is 0 Å². The molecular weight excluding hydrogens is 591 g/mol. The fourth-order valence-electron chi connectivity index (χ4n) is 6.24. The normalized spacial score (nSPS) is 20.4. The summed E-state index contributed by atoms with van der Waals surface area (Å²) in [7, 11) is -4.24. The number of anilines is 3. The fraction of sp³-hybridized carbons (Fsp3) is 0.273. The predicted octanol–water partition coefficient (Wildman–Crippen LogP) is 5.73. The molecule has 3 atom stereocenters. The molecule has 0 aliphatic carbocycles. The zero-order valence-electron chi connectivity index (χ0n) is 23.9. The zero-order valence-corrected chi connectivity index (χ0v) is 24.7. The number of alkyl halides is 3. The number of aliphatic hydroxyl groups is 1. The SMILES string of the molecule is Cc1ccccc1N1C[C@@H](NS(=O)(=O)c2ccc(OC(F)(F)F)cc2)[C@H](O)[C@@H](N2c3ccccc3CCc3ccccc32)C1. The maximum atomic E-state index is 13.6. The number of rotatable bonds is 6. The average molecular weight is 624 g/mol. The molecule has 0 aromatic heterocycles. The van der Waals surface area contributed by atoms with Crippen LogP contribution in [0.2, 0.25) is 0 Å². The molecular formula is C33H32F3N3O4S. The molecule has 0 spiro atoms. The molecule has 0 unspecified atom stereocenters. The van der Waals surface area contributed by atoms with E-state index in [1.807, 2.05) is 67.6 Å². The van der Waals surface area contributed by atoms with Crippen molar-refractivity contribution < 1.29 is 31.4 Å². The number of sulfonamides is 1. The first-order chi connectivity index (χ1) is 21.0. The van der Waals surface area contributed by atoms with E-state index in [2.05, 4.69) is 31.4 Å². The average Bonchev–Trinajstić information content (AvgIpc) is 3.15. The molecule has 7 nitrogen and oxygen atoms in total. The lowest BCUT2D eigenvalue weighted by atomic mass is 9.93. The maximum absolute atomic E-state index is 13.6. The topological polar surface area (TPSA) is 82.1 Å². The molecule has 230 valence electrons. The summed E-state index contributed by atoms with van der Waals surface area (Å²) < 4.78 is 71.6. The quantitative estimate of drug-likeness (QED) is 0.286. The van der Waals surface area contributed by atoms with E-state index in [4.69, 9.17) is 0 Å². The van der Waals surface area contributed by atoms with Crippen molar-refractivity contribution in [1.82, 2.24) is 4.72 Å². The lowest BCUT2D eigenvalue weighted by Crippen LogP contribution is -2.65. The molecule has 4 aromatic rings. The number of halogens is 3. The van der Waals surface area contributed by atoms with Gasteiger partial charge in [-0.2, -0.15) is 0 Å². The molecule has 0 bridgehead atoms. The lowest BCUT2D eigenvalue weighted by molar-refractivity contribution is -0.274. The molecule has 1 saturated heterocycles. The van der Waals surface area contributed by atoms with Crippen molar-refractivity contribution in [2.24, 2.45) is 0 Å². The van der Waals surface area contributed by atoms with Gasteiger partial charge in [0, 0.05) is 30.2 Å². The van der Waals surface area contributed by atoms with Gasteiger partial charge >= 0.3 is 6.36 Å². The highest BCUT2D eigenvalue weighted by molar-refractivity contribution is 7.89. The smallest absolute Gasteiger partial charge is 0.406 e. The first kappa shape index (κ1) is 30.0. The van der Waals surface area contributed by atoms with E-state index in [-0.39, 0.29) is 11.4 Å². The van der Waals surface area contributed by atoms with Gasteiger partial charge in [-0.05, 0) is 78.9 Å². The van der Waals surface area contributed by atoms with Crippen LogP contribution in [0.4, 0.5) is 30.2 Å². The third-order valence-electron chi connectivity index (χ3n) is 8.26. The number of aryl methyl sites for hydroxylation is 3. The van der Waals surface area contributed by atoms with Crippen LogP contribution in [0.5, 0.6) is 5.75 Å². The Labute approximate surface area is 254 Å². The van der Waals surface area contributed by atoms with Crippen molar-refractivity contribution in [2.75, 3.05) is 22.9 Å². The summed E-state index contributed by atoms with van der Waals surface area (Å²) in [4.78, 5) is 3.97. The molecule has 2 N–H and O–H groups in total. The molecule has 2 aliphatic heterocycles. The summed E-state index contributed by atoms with van der Waals surface area (Å²) in [6, 6.07) is 26.4. The van der Waals surface area contributed by atoms with E-state index in [1.165, 1.54) is 0 Å². The molecule has 4 aromatic carbocycles. The number of para-hydroxylation sites is 3. The first-order valence-electron chi connectivity index (χ1n) is 14.3. The minimum atomic E-state index is -4.90. The number of piperidine rings is 1. The number of aliphatic hydroxyl groups excluding tert-OH is 1. The second kappa shape index (κ2) is 11.8. The zero-order chi connectivity index (χ0) is 31.1. The number of ether oxygens (including phenoxy) is 1. The van der Waals surface area contributed by atoms with E-state index in [0.29, 0.717) is 6.54 Å². The number of nitrogens with zero attached hydrogens (tertiary/aromatic N) is 2. The Balaban J connectivity index is 1.39. The van der Waals surface area contributed by atoms with E-state index >= 15 is 0 Å². The van der Waals surface area contributed by atoms with Crippen molar-refractivity contribution >= 4 is 27.1 Å². The van der Waals surface area contributed by atoms with Crippen molar-refractivity contribution in [3.8, 4) is 5.75 Å². The van der Waals surface area contributed by atoms with Crippen molar-refractivity contribution in [2.45, 2.75) is 49.2 Å². The summed E-state index contributed by atoms with van der Waals surface area (Å²) >= 11 is 0. The molecule has 0 radical (unpaired) electrons. The lowest BCUT2D eigenvalue weighted by Gasteiger charge is -2.48. The van der Waals surface area contributed by atoms with Crippen LogP contribution in [0, 0.1) is 6.92 Å². The summed E-state index contributed by atoms with van der Waals surface area (Å²) in [6.45, 7) is 2.57. The van der Waals surface area contributed by atoms with Gasteiger partial charge in [-0.3, -0.25) is 0 Å². The van der Waals surface area contributed by atoms with E-state index in [0.717, 1.165) is 70.9 Å². The van der Waals surface area contributed by atoms with E-state index in [1.54, 1.807) is 0 Å². The Morgan fingerprint density at radius 3 is 1.91 bits per heavy atom. The molecule has 11 heteroatoms. The minimum Gasteiger partial charge on any atom is -0.406 e. The molecule has 6 rings (SSSR count). The van der Waals surface area contributed by atoms with Crippen LogP contribution >= 0.6 is 0 Å². The monoisotopic (exact) mass is 623 g/mol. The molecule has 0 amide bonds. The maximum Gasteiger partial charge on any atom is 0.573 e. The number of fused-ring (bicyclic) bond motifs is 2. The summed E-state index contributed by atoms with van der Waals surface area (Å²) in [5, 5.41) is 12.0. The number of benzene rings is 4. The minimum absolute atomic E-state index is 0.175. The highest BCUT2D eigenvalue weighted by Gasteiger charge is 2.43. The summed E-state index contributed by atoms with van der Waals surface area (Å²) in [6.07, 6.45) is -4.41. The van der Waals surface area contributed by atoms with Crippen LogP contribution in [-0.4, -0.2) is 51.2 Å². The highest BCUT2D eigenvalue weighted by Crippen LogP contribution is 2.40. The molecule has 2 heterocycles. The summed E-state index contributed by atoms with van der Waals surface area (Å²) in [5.41, 5.74) is 6.08. The molecule has 1 fully saturated rings. The molecule has 2 aliphatic rings. The van der Waals surface area contributed by atoms with Crippen molar-refractivity contribution in [3.05, 3.63) is 114 Å². The second-order valence-electron chi connectivity index (χ2n) is 11.1. The van der Waals surface area contributed by atoms with Gasteiger partial charge < -0.3 is 19.6 Å². The Morgan fingerprint density at radius 2 is 1.34 bits per heavy atom. The van der Waals surface area contributed by atoms with Gasteiger partial charge in [0.25, 0.3) is 0 Å². The Hall–Kier alpha value is -4.06. The Bertz CT molecular complexity index is 1700. The third-order valence-corrected chi connectivity index (χ3v) is 9.76. The standard InChI is InChI=1S/C33H32F3N3O4S/c1-22-8-2-5-11-28(22)38-20-27(37-44(41,42)26-18-16-25(17-19-26)43-33(34,35)36)32(40)31(21-38)39-29-12-6-3-9-23(29)14-15-24-10-4-7-13-30(24)39/h2-13,16-19,27,31-32,37,40H,14-15,20-21H2,1H3/t27-,31+,32+/m1/s1. The molecule has 0 saturated carbocycles. The van der Waals surface area contributed by atoms with Crippen LogP contribution in [0.25, 0.3) is 0 Å². The second-order valence-corrected chi connectivity index (χ2v) is 12.8. The van der Waals surface area contributed by atoms with Gasteiger partial charge in [0.1, 0.15) is 5.75 Å². The van der Waals surface area contributed by atoms with Gasteiger partial charge in [-0.25, -0.2) is 13.1 Å². The van der Waals surface area contributed by atoms with Crippen molar-refractivity contribution in [3.63, 3.8) is 0 Å². The largest absolute Gasteiger partial charge is 0.573 e. The number of hydrogen-bond donors (Lipinski definition) is 2. The molecule has 44 heavy (non-hydrogen) atoms. The summed E-state index contributed by atoms with van der Waals surface area (Å²) in [5.74, 6) is -0.529. The van der Waals surface area contributed by atoms with Crippen LogP contribution in [0.1, 0.15) is 16.7 Å². The van der Waals surface area contributed by atoms with Gasteiger partial charge in [-0.15, -0.1) is 13.2 Å². The van der Waals surface area contributed by atoms with Crippen LogP contribution in [0.15, 0.2) is 102 Å². The Kier molecular flexibility index (Phi) is 8.04. The number of hydrogen-bond acceptors (Lipinski definition) is 6. The van der Waals surface area contributed by atoms with Crippen LogP contribution in [0.3, 0.4) is 0 Å². The van der Waals surface area contributed by atoms with Gasteiger partial charge in [0.05, 0.1) is 23.1 Å². The van der Waals surface area contributed by atoms with Gasteiger partial charge in [-0.1, -0.05) is 54.6 Å². The Morgan fingerprint density at radius 1 is 0.795 bits per heavy atom. The number of nitrogens with one attached hydrogen (secondary N) is 1. The van der Waals surface area contributed by atoms with Crippen LogP contribution in [-0.2, 0) is 22.9 Å². The van der Waals surface area contributed by atoms with E-state index < -0.39 is 40.3 Å². The van der Waals surface area contributed by atoms with E-state index in [9.17, 15) is 26.7 Å². The highest BCUT2D eigenvalue weighted by atomic mass is 32.2.